The predicted molar refractivity (Wildman–Crippen MR) is 120 cm³/mol. The van der Waals surface area contributed by atoms with Gasteiger partial charge in [-0.05, 0) is 50.2 Å². The second-order valence-corrected chi connectivity index (χ2v) is 11.5. The zero-order valence-corrected chi connectivity index (χ0v) is 21.1. The minimum atomic E-state index is -5.09. The highest BCUT2D eigenvalue weighted by Gasteiger charge is 2.43. The summed E-state index contributed by atoms with van der Waals surface area (Å²) in [7, 11) is -8.36. The van der Waals surface area contributed by atoms with Gasteiger partial charge in [0.15, 0.2) is 11.9 Å². The van der Waals surface area contributed by atoms with Crippen LogP contribution in [-0.2, 0) is 44.8 Å². The molecule has 1 heterocycles. The van der Waals surface area contributed by atoms with Crippen LogP contribution in [0.1, 0.15) is 19.4 Å². The molecule has 37 heavy (non-hydrogen) atoms. The second kappa shape index (κ2) is 10.2. The van der Waals surface area contributed by atoms with Crippen LogP contribution in [0.4, 0.5) is 23.2 Å². The van der Waals surface area contributed by atoms with Gasteiger partial charge in [-0.3, -0.25) is 13.7 Å². The molecular weight excluding hydrogens is 548 g/mol. The number of hydrogen-bond donors (Lipinski definition) is 2. The zero-order chi connectivity index (χ0) is 27.8. The number of hydrogen-bond acceptors (Lipinski definition) is 8. The first-order chi connectivity index (χ1) is 16.9. The van der Waals surface area contributed by atoms with Crippen LogP contribution in [0.3, 0.4) is 0 Å². The van der Waals surface area contributed by atoms with Crippen molar-refractivity contribution >= 4 is 31.7 Å². The van der Waals surface area contributed by atoms with Crippen molar-refractivity contribution in [3.05, 3.63) is 53.8 Å². The maximum atomic E-state index is 13.4. The molecule has 1 amide bonds. The van der Waals surface area contributed by atoms with Crippen LogP contribution in [0.25, 0.3) is 0 Å². The van der Waals surface area contributed by atoms with Gasteiger partial charge in [0.25, 0.3) is 26.0 Å². The van der Waals surface area contributed by atoms with Gasteiger partial charge in [-0.2, -0.15) is 21.6 Å². The fraction of sp³-hybridized carbons (Fsp3) is 0.381. The predicted octanol–water partition coefficient (Wildman–Crippen LogP) is 2.62. The van der Waals surface area contributed by atoms with Gasteiger partial charge in [-0.1, -0.05) is 6.07 Å². The number of benzene rings is 2. The third kappa shape index (κ3) is 6.75. The molecule has 0 bridgehead atoms. The Balaban J connectivity index is 1.92. The minimum Gasteiger partial charge on any atom is -0.357 e. The van der Waals surface area contributed by atoms with E-state index in [9.17, 15) is 39.2 Å². The molecular formula is C21H22F4N2O8S2. The van der Waals surface area contributed by atoms with Crippen molar-refractivity contribution in [3.8, 4) is 0 Å². The molecule has 10 nitrogen and oxygen atoms in total. The van der Waals surface area contributed by atoms with Gasteiger partial charge in [0.05, 0.1) is 27.6 Å². The van der Waals surface area contributed by atoms with Crippen molar-refractivity contribution in [2.24, 2.45) is 0 Å². The summed E-state index contributed by atoms with van der Waals surface area (Å²) in [6.07, 6.45) is -7.92. The first-order valence-corrected chi connectivity index (χ1v) is 13.3. The summed E-state index contributed by atoms with van der Waals surface area (Å²) in [4.78, 5) is 10.9. The molecule has 0 aromatic heterocycles. The molecule has 2 unspecified atom stereocenters. The summed E-state index contributed by atoms with van der Waals surface area (Å²) < 4.78 is 122. The third-order valence-electron chi connectivity index (χ3n) is 5.04. The van der Waals surface area contributed by atoms with Gasteiger partial charge in [0.1, 0.15) is 11.9 Å². The van der Waals surface area contributed by atoms with Gasteiger partial charge in [0, 0.05) is 7.05 Å². The van der Waals surface area contributed by atoms with Gasteiger partial charge in [-0.25, -0.2) is 12.8 Å². The molecule has 0 spiro atoms. The lowest BCUT2D eigenvalue weighted by atomic mass is 10.2. The average molecular weight is 571 g/mol. The standard InChI is InChI=1S/C21H22F4N2O8S2/c1-20(2)33-11-17(34-20)18(19(28)26-3)35-37(31,32)14-6-4-5-13(10-14)36(29,30)27-16-8-7-12(22)9-15(16)21(23,24)25/h4-10,17-18,27H,11H2,1-3H3,(H,26,28). The highest BCUT2D eigenvalue weighted by atomic mass is 32.2. The van der Waals surface area contributed by atoms with Crippen LogP contribution in [0.2, 0.25) is 0 Å². The summed E-state index contributed by atoms with van der Waals surface area (Å²) >= 11 is 0. The van der Waals surface area contributed by atoms with E-state index in [2.05, 4.69) is 5.32 Å². The van der Waals surface area contributed by atoms with E-state index in [1.807, 2.05) is 0 Å². The number of nitrogens with one attached hydrogen (secondary N) is 2. The van der Waals surface area contributed by atoms with E-state index in [0.717, 1.165) is 18.2 Å². The number of sulfonamides is 1. The van der Waals surface area contributed by atoms with Gasteiger partial charge < -0.3 is 14.8 Å². The number of carbonyl (C=O) groups is 1. The highest BCUT2D eigenvalue weighted by Crippen LogP contribution is 2.36. The molecule has 0 radical (unpaired) electrons. The highest BCUT2D eigenvalue weighted by molar-refractivity contribution is 7.92. The Hall–Kier alpha value is -2.79. The Morgan fingerprint density at radius 3 is 2.32 bits per heavy atom. The smallest absolute Gasteiger partial charge is 0.357 e. The first kappa shape index (κ1) is 28.8. The van der Waals surface area contributed by atoms with Crippen molar-refractivity contribution in [2.45, 2.75) is 47.8 Å². The van der Waals surface area contributed by atoms with Crippen LogP contribution in [0.15, 0.2) is 52.3 Å². The van der Waals surface area contributed by atoms with Crippen LogP contribution < -0.4 is 10.0 Å². The summed E-state index contributed by atoms with van der Waals surface area (Å²) in [6, 6.07) is 4.84. The lowest BCUT2D eigenvalue weighted by Crippen LogP contribution is -2.45. The normalized spacial score (nSPS) is 18.8. The molecule has 1 saturated heterocycles. The molecule has 0 saturated carbocycles. The third-order valence-corrected chi connectivity index (χ3v) is 7.69. The molecule has 2 N–H and O–H groups in total. The molecule has 204 valence electrons. The average Bonchev–Trinajstić information content (AvgIpc) is 3.16. The van der Waals surface area contributed by atoms with Crippen molar-refractivity contribution in [2.75, 3.05) is 18.4 Å². The van der Waals surface area contributed by atoms with Crippen molar-refractivity contribution < 1.29 is 52.8 Å². The van der Waals surface area contributed by atoms with E-state index < -0.39 is 77.1 Å². The molecule has 1 fully saturated rings. The number of ether oxygens (including phenoxy) is 2. The monoisotopic (exact) mass is 570 g/mol. The lowest BCUT2D eigenvalue weighted by Gasteiger charge is -2.23. The maximum absolute atomic E-state index is 13.4. The summed E-state index contributed by atoms with van der Waals surface area (Å²) in [6.45, 7) is 2.89. The van der Waals surface area contributed by atoms with Gasteiger partial charge in [0.2, 0.25) is 0 Å². The maximum Gasteiger partial charge on any atom is 0.418 e. The SMILES string of the molecule is CNC(=O)C(OS(=O)(=O)c1cccc(S(=O)(=O)Nc2ccc(F)cc2C(F)(F)F)c1)C1COC(C)(C)O1. The van der Waals surface area contributed by atoms with Gasteiger partial charge >= 0.3 is 6.18 Å². The van der Waals surface area contributed by atoms with Gasteiger partial charge in [-0.15, -0.1) is 0 Å². The van der Waals surface area contributed by atoms with E-state index >= 15 is 0 Å². The van der Waals surface area contributed by atoms with E-state index in [1.54, 1.807) is 4.72 Å². The van der Waals surface area contributed by atoms with Crippen LogP contribution in [-0.4, -0.2) is 54.4 Å². The zero-order valence-electron chi connectivity index (χ0n) is 19.5. The molecule has 2 atom stereocenters. The fourth-order valence-corrected chi connectivity index (χ4v) is 5.63. The minimum absolute atomic E-state index is 0.113. The van der Waals surface area contributed by atoms with Crippen LogP contribution >= 0.6 is 0 Å². The fourth-order valence-electron chi connectivity index (χ4n) is 3.31. The number of amides is 1. The molecule has 3 rings (SSSR count). The molecule has 2 aromatic rings. The van der Waals surface area contributed by atoms with Crippen molar-refractivity contribution in [1.82, 2.24) is 5.32 Å². The molecule has 1 aliphatic heterocycles. The van der Waals surface area contributed by atoms with Crippen LogP contribution in [0.5, 0.6) is 0 Å². The van der Waals surface area contributed by atoms with E-state index in [4.69, 9.17) is 13.7 Å². The lowest BCUT2D eigenvalue weighted by molar-refractivity contribution is -0.155. The van der Waals surface area contributed by atoms with Crippen molar-refractivity contribution in [3.63, 3.8) is 0 Å². The molecule has 0 aliphatic carbocycles. The Morgan fingerprint density at radius 1 is 1.11 bits per heavy atom. The summed E-state index contributed by atoms with van der Waals surface area (Å²) in [5.74, 6) is -3.23. The van der Waals surface area contributed by atoms with E-state index in [0.29, 0.717) is 18.2 Å². The number of rotatable bonds is 8. The largest absolute Gasteiger partial charge is 0.418 e. The summed E-state index contributed by atoms with van der Waals surface area (Å²) in [5, 5.41) is 2.24. The van der Waals surface area contributed by atoms with Crippen molar-refractivity contribution in [1.29, 1.82) is 0 Å². The first-order valence-electron chi connectivity index (χ1n) is 10.4. The number of anilines is 1. The molecule has 2 aromatic carbocycles. The Labute approximate surface area is 210 Å². The Morgan fingerprint density at radius 2 is 1.76 bits per heavy atom. The second-order valence-electron chi connectivity index (χ2n) is 8.22. The van der Waals surface area contributed by atoms with E-state index in [1.165, 1.54) is 20.9 Å². The number of carbonyl (C=O) groups excluding carboxylic acids is 1. The number of alkyl halides is 3. The number of halogens is 4. The number of likely N-dealkylation sites (N-methyl/N-ethyl adjacent to an activating group) is 1. The molecule has 1 aliphatic rings. The van der Waals surface area contributed by atoms with Crippen LogP contribution in [0, 0.1) is 5.82 Å². The Kier molecular flexibility index (Phi) is 7.91. The quantitative estimate of drug-likeness (QED) is 0.365. The topological polar surface area (TPSA) is 137 Å². The Bertz CT molecular complexity index is 1400. The molecule has 16 heteroatoms. The summed E-state index contributed by atoms with van der Waals surface area (Å²) in [5.41, 5.74) is -2.56. The van der Waals surface area contributed by atoms with E-state index in [-0.39, 0.29) is 12.7 Å².